The summed E-state index contributed by atoms with van der Waals surface area (Å²) in [6.07, 6.45) is 69.7. The van der Waals surface area contributed by atoms with Gasteiger partial charge in [-0.05, 0) is 44.9 Å². The normalized spacial score (nSPS) is 13.8. The fourth-order valence-electron chi connectivity index (χ4n) is 9.85. The van der Waals surface area contributed by atoms with Crippen LogP contribution in [0.1, 0.15) is 335 Å². The summed E-state index contributed by atoms with van der Waals surface area (Å²) in [4.78, 5) is 12.6. The van der Waals surface area contributed by atoms with E-state index in [1.54, 1.807) is 0 Å². The molecule has 0 aromatic carbocycles. The maximum absolute atomic E-state index is 12.6. The molecule has 0 saturated heterocycles. The van der Waals surface area contributed by atoms with Crippen LogP contribution in [0.25, 0.3) is 0 Å². The minimum Gasteiger partial charge on any atom is -0.394 e. The lowest BCUT2D eigenvalue weighted by molar-refractivity contribution is -0.132. The molecule has 0 aliphatic rings. The molecule has 0 radical (unpaired) electrons. The number of rotatable bonds is 57. The molecule has 4 unspecified atom stereocenters. The molecule has 0 saturated carbocycles. The molecule has 5 N–H and O–H groups in total. The molecule has 0 spiro atoms. The number of aliphatic hydroxyl groups excluding tert-OH is 4. The first-order valence-electron chi connectivity index (χ1n) is 30.7. The lowest BCUT2D eigenvalue weighted by Gasteiger charge is -2.27. The van der Waals surface area contributed by atoms with Gasteiger partial charge in [0.05, 0.1) is 18.8 Å². The molecule has 6 nitrogen and oxygen atoms in total. The Morgan fingerprint density at radius 3 is 0.926 bits per heavy atom. The van der Waals surface area contributed by atoms with Crippen molar-refractivity contribution < 1.29 is 25.2 Å². The Morgan fingerprint density at radius 2 is 0.632 bits per heavy atom. The number of allylic oxidation sites excluding steroid dienone is 4. The third kappa shape index (κ3) is 49.8. The van der Waals surface area contributed by atoms with Crippen LogP contribution in [-0.2, 0) is 4.79 Å². The van der Waals surface area contributed by atoms with Gasteiger partial charge < -0.3 is 25.7 Å². The highest BCUT2D eigenvalue weighted by Crippen LogP contribution is 2.19. The number of carbonyl (C=O) groups is 1. The average molecular weight is 961 g/mol. The van der Waals surface area contributed by atoms with Crippen LogP contribution in [0, 0.1) is 0 Å². The number of unbranched alkanes of at least 4 members (excludes halogenated alkanes) is 44. The zero-order chi connectivity index (χ0) is 49.5. The van der Waals surface area contributed by atoms with Gasteiger partial charge in [-0.25, -0.2) is 0 Å². The Bertz CT molecular complexity index is 1030. The Balaban J connectivity index is 3.60. The number of nitrogens with one attached hydrogen (secondary N) is 1. The first kappa shape index (κ1) is 66.8. The molecular weight excluding hydrogens is 839 g/mol. The van der Waals surface area contributed by atoms with Crippen molar-refractivity contribution in [3.63, 3.8) is 0 Å². The van der Waals surface area contributed by atoms with Crippen molar-refractivity contribution in [2.24, 2.45) is 0 Å². The van der Waals surface area contributed by atoms with E-state index in [0.717, 1.165) is 44.9 Å². The molecule has 1 amide bonds. The SMILES string of the molecule is CCCCCCCCCCC/C=C\C/C=C\CCCCCCCCCCC(O)C(=O)NC(CO)C(O)C(O)CCCCCCCCCCCCCCCCCCCCCCCCCCCCCC. The minimum atomic E-state index is -1.26. The standard InChI is InChI=1S/C62H121NO5/c1-3-5-7-9-11-13-15-17-19-21-23-25-27-29-30-31-32-34-35-37-39-41-43-45-47-49-51-53-55-59(65)61(67)58(57-64)63-62(68)60(66)56-54-52-50-48-46-44-42-40-38-36-33-28-26-24-22-20-18-16-14-12-10-8-6-4-2/h24,26,33,36,58-61,64-67H,3-23,25,27-32,34-35,37-57H2,1-2H3,(H,63,68)/b26-24-,36-33-. The highest BCUT2D eigenvalue weighted by Gasteiger charge is 2.28. The van der Waals surface area contributed by atoms with Gasteiger partial charge in [0.2, 0.25) is 5.91 Å². The topological polar surface area (TPSA) is 110 Å². The Labute approximate surface area is 425 Å². The van der Waals surface area contributed by atoms with E-state index < -0.39 is 36.9 Å². The van der Waals surface area contributed by atoms with Crippen LogP contribution in [-0.4, -0.2) is 57.3 Å². The highest BCUT2D eigenvalue weighted by atomic mass is 16.3. The minimum absolute atomic E-state index is 0.364. The van der Waals surface area contributed by atoms with Crippen LogP contribution < -0.4 is 5.32 Å². The Hall–Kier alpha value is -1.21. The molecule has 0 fully saturated rings. The van der Waals surface area contributed by atoms with E-state index in [1.807, 2.05) is 0 Å². The summed E-state index contributed by atoms with van der Waals surface area (Å²) in [6, 6.07) is -0.988. The van der Waals surface area contributed by atoms with E-state index in [-0.39, 0.29) is 0 Å². The maximum Gasteiger partial charge on any atom is 0.249 e. The highest BCUT2D eigenvalue weighted by molar-refractivity contribution is 5.80. The molecule has 0 aromatic rings. The Morgan fingerprint density at radius 1 is 0.368 bits per heavy atom. The van der Waals surface area contributed by atoms with Crippen molar-refractivity contribution >= 4 is 5.91 Å². The van der Waals surface area contributed by atoms with Gasteiger partial charge in [-0.2, -0.15) is 0 Å². The van der Waals surface area contributed by atoms with Gasteiger partial charge in [0.1, 0.15) is 12.2 Å². The molecular formula is C62H121NO5. The van der Waals surface area contributed by atoms with Crippen LogP contribution in [0.5, 0.6) is 0 Å². The second-order valence-corrected chi connectivity index (χ2v) is 21.4. The summed E-state index contributed by atoms with van der Waals surface area (Å²) in [7, 11) is 0. The van der Waals surface area contributed by atoms with Crippen molar-refractivity contribution in [2.45, 2.75) is 359 Å². The van der Waals surface area contributed by atoms with Gasteiger partial charge >= 0.3 is 0 Å². The van der Waals surface area contributed by atoms with Crippen LogP contribution in [0.2, 0.25) is 0 Å². The van der Waals surface area contributed by atoms with E-state index in [2.05, 4.69) is 43.5 Å². The lowest BCUT2D eigenvalue weighted by Crippen LogP contribution is -2.53. The van der Waals surface area contributed by atoms with Crippen molar-refractivity contribution in [2.75, 3.05) is 6.61 Å². The van der Waals surface area contributed by atoms with E-state index in [4.69, 9.17) is 0 Å². The van der Waals surface area contributed by atoms with E-state index in [9.17, 15) is 25.2 Å². The maximum atomic E-state index is 12.6. The smallest absolute Gasteiger partial charge is 0.249 e. The number of aliphatic hydroxyl groups is 4. The summed E-state index contributed by atoms with van der Waals surface area (Å²) in [5.41, 5.74) is 0. The molecule has 404 valence electrons. The van der Waals surface area contributed by atoms with Crippen molar-refractivity contribution in [1.82, 2.24) is 5.32 Å². The number of hydrogen-bond acceptors (Lipinski definition) is 5. The van der Waals surface area contributed by atoms with Crippen molar-refractivity contribution in [1.29, 1.82) is 0 Å². The molecule has 4 atom stereocenters. The van der Waals surface area contributed by atoms with E-state index >= 15 is 0 Å². The monoisotopic (exact) mass is 960 g/mol. The van der Waals surface area contributed by atoms with Gasteiger partial charge in [-0.1, -0.05) is 314 Å². The van der Waals surface area contributed by atoms with Crippen LogP contribution in [0.3, 0.4) is 0 Å². The van der Waals surface area contributed by atoms with Crippen molar-refractivity contribution in [3.8, 4) is 0 Å². The summed E-state index contributed by atoms with van der Waals surface area (Å²) in [5.74, 6) is -0.583. The zero-order valence-corrected chi connectivity index (χ0v) is 45.9. The second-order valence-electron chi connectivity index (χ2n) is 21.4. The molecule has 0 bridgehead atoms. The van der Waals surface area contributed by atoms with E-state index in [0.29, 0.717) is 12.8 Å². The molecule has 6 heteroatoms. The lowest BCUT2D eigenvalue weighted by atomic mass is 9.99. The summed E-state index contributed by atoms with van der Waals surface area (Å²) in [6.45, 7) is 4.09. The molecule has 0 aliphatic heterocycles. The van der Waals surface area contributed by atoms with Crippen LogP contribution in [0.4, 0.5) is 0 Å². The van der Waals surface area contributed by atoms with Crippen molar-refractivity contribution in [3.05, 3.63) is 24.3 Å². The number of carbonyl (C=O) groups excluding carboxylic acids is 1. The van der Waals surface area contributed by atoms with Crippen LogP contribution in [0.15, 0.2) is 24.3 Å². The second kappa shape index (κ2) is 56.7. The van der Waals surface area contributed by atoms with Gasteiger partial charge in [-0.3, -0.25) is 4.79 Å². The summed E-state index contributed by atoms with van der Waals surface area (Å²) < 4.78 is 0. The fraction of sp³-hybridized carbons (Fsp3) is 0.919. The third-order valence-electron chi connectivity index (χ3n) is 14.7. The fourth-order valence-corrected chi connectivity index (χ4v) is 9.85. The third-order valence-corrected chi connectivity index (χ3v) is 14.7. The van der Waals surface area contributed by atoms with Gasteiger partial charge in [-0.15, -0.1) is 0 Å². The zero-order valence-electron chi connectivity index (χ0n) is 45.9. The first-order valence-corrected chi connectivity index (χ1v) is 30.7. The largest absolute Gasteiger partial charge is 0.394 e. The van der Waals surface area contributed by atoms with E-state index in [1.165, 1.54) is 263 Å². The Kier molecular flexibility index (Phi) is 55.7. The van der Waals surface area contributed by atoms with Gasteiger partial charge in [0.15, 0.2) is 0 Å². The molecule has 68 heavy (non-hydrogen) atoms. The molecule has 0 aromatic heterocycles. The predicted octanol–water partition coefficient (Wildman–Crippen LogP) is 18.2. The van der Waals surface area contributed by atoms with Gasteiger partial charge in [0.25, 0.3) is 0 Å². The average Bonchev–Trinajstić information content (AvgIpc) is 3.34. The van der Waals surface area contributed by atoms with Crippen LogP contribution >= 0.6 is 0 Å². The molecule has 0 heterocycles. The molecule has 0 aliphatic carbocycles. The van der Waals surface area contributed by atoms with Gasteiger partial charge in [0, 0.05) is 0 Å². The quantitative estimate of drug-likeness (QED) is 0.0308. The molecule has 0 rings (SSSR count). The predicted molar refractivity (Wildman–Crippen MR) is 298 cm³/mol. The first-order chi connectivity index (χ1) is 33.5. The number of hydrogen-bond donors (Lipinski definition) is 5. The summed E-state index contributed by atoms with van der Waals surface area (Å²) in [5, 5.41) is 44.1. The summed E-state index contributed by atoms with van der Waals surface area (Å²) >= 11 is 0. The number of amides is 1.